The number of carbonyl (C=O) groups is 4. The molecular formula is C21H25N5O8S. The zero-order valence-corrected chi connectivity index (χ0v) is 20.6. The lowest BCUT2D eigenvalue weighted by Crippen LogP contribution is -2.50. The smallest absolute Gasteiger partial charge is 0.303 e. The van der Waals surface area contributed by atoms with Gasteiger partial charge in [0.2, 0.25) is 5.91 Å². The minimum Gasteiger partial charge on any atom is -0.463 e. The van der Waals surface area contributed by atoms with Gasteiger partial charge in [-0.3, -0.25) is 23.7 Å². The van der Waals surface area contributed by atoms with Gasteiger partial charge in [0.05, 0.1) is 17.6 Å². The molecule has 1 fully saturated rings. The van der Waals surface area contributed by atoms with Gasteiger partial charge in [0, 0.05) is 27.0 Å². The van der Waals surface area contributed by atoms with Crippen LogP contribution < -0.4 is 10.6 Å². The van der Waals surface area contributed by atoms with Gasteiger partial charge in [-0.2, -0.15) is 0 Å². The molecule has 1 amide bonds. The van der Waals surface area contributed by atoms with Gasteiger partial charge in [0.25, 0.3) is 0 Å². The number of aromatic nitrogens is 3. The highest BCUT2D eigenvalue weighted by molar-refractivity contribution is 7.98. The summed E-state index contributed by atoms with van der Waals surface area (Å²) in [6.07, 6.45) is 0.268. The first-order valence-corrected chi connectivity index (χ1v) is 11.9. The molecule has 0 radical (unpaired) electrons. The lowest BCUT2D eigenvalue weighted by Gasteiger charge is -2.34. The lowest BCUT2D eigenvalue weighted by atomic mass is 9.95. The molecule has 1 saturated heterocycles. The first-order valence-electron chi connectivity index (χ1n) is 10.7. The van der Waals surface area contributed by atoms with E-state index in [-0.39, 0.29) is 19.1 Å². The van der Waals surface area contributed by atoms with Crippen LogP contribution in [0, 0.1) is 0 Å². The molecule has 0 aliphatic carbocycles. The largest absolute Gasteiger partial charge is 0.463 e. The first kappa shape index (κ1) is 24.7. The van der Waals surface area contributed by atoms with Gasteiger partial charge in [-0.05, 0) is 13.2 Å². The number of nitrogens with one attached hydrogen (secondary N) is 2. The molecule has 0 spiro atoms. The Labute approximate surface area is 204 Å². The van der Waals surface area contributed by atoms with Crippen LogP contribution in [-0.4, -0.2) is 75.6 Å². The van der Waals surface area contributed by atoms with E-state index in [1.807, 2.05) is 6.26 Å². The van der Waals surface area contributed by atoms with Crippen molar-refractivity contribution in [1.82, 2.24) is 14.5 Å². The Morgan fingerprint density at radius 2 is 1.97 bits per heavy atom. The van der Waals surface area contributed by atoms with E-state index in [1.165, 1.54) is 32.5 Å². The van der Waals surface area contributed by atoms with Crippen molar-refractivity contribution in [2.75, 3.05) is 30.0 Å². The number of amides is 1. The van der Waals surface area contributed by atoms with Crippen LogP contribution in [0.25, 0.3) is 11.0 Å². The molecule has 2 aromatic heterocycles. The predicted molar refractivity (Wildman–Crippen MR) is 123 cm³/mol. The van der Waals surface area contributed by atoms with Crippen LogP contribution in [0.15, 0.2) is 11.4 Å². The Morgan fingerprint density at radius 1 is 1.23 bits per heavy atom. The van der Waals surface area contributed by atoms with E-state index in [4.69, 9.17) is 18.9 Å². The highest BCUT2D eigenvalue weighted by Gasteiger charge is 2.60. The quantitative estimate of drug-likeness (QED) is 0.249. The summed E-state index contributed by atoms with van der Waals surface area (Å²) in [5.74, 6) is -1.66. The third-order valence-corrected chi connectivity index (χ3v) is 6.13. The van der Waals surface area contributed by atoms with E-state index >= 15 is 0 Å². The molecule has 4 atom stereocenters. The van der Waals surface area contributed by atoms with Crippen molar-refractivity contribution in [3.63, 3.8) is 0 Å². The summed E-state index contributed by atoms with van der Waals surface area (Å²) in [4.78, 5) is 56.9. The van der Waals surface area contributed by atoms with E-state index in [1.54, 1.807) is 17.7 Å². The second-order valence-corrected chi connectivity index (χ2v) is 9.02. The van der Waals surface area contributed by atoms with Gasteiger partial charge in [0.15, 0.2) is 28.7 Å². The van der Waals surface area contributed by atoms with E-state index in [9.17, 15) is 19.2 Å². The van der Waals surface area contributed by atoms with Crippen LogP contribution in [0.4, 0.5) is 11.5 Å². The fourth-order valence-corrected chi connectivity index (χ4v) is 4.68. The molecule has 35 heavy (non-hydrogen) atoms. The molecule has 4 rings (SSSR count). The molecule has 2 aromatic rings. The maximum absolute atomic E-state index is 12.3. The van der Waals surface area contributed by atoms with E-state index in [2.05, 4.69) is 20.6 Å². The number of esters is 3. The van der Waals surface area contributed by atoms with Gasteiger partial charge in [-0.15, -0.1) is 0 Å². The average Bonchev–Trinajstić information content (AvgIpc) is 3.18. The molecular weight excluding hydrogens is 482 g/mol. The molecule has 0 aromatic carbocycles. The van der Waals surface area contributed by atoms with Crippen LogP contribution in [0.2, 0.25) is 0 Å². The van der Waals surface area contributed by atoms with Gasteiger partial charge in [0.1, 0.15) is 18.5 Å². The second kappa shape index (κ2) is 9.34. The number of hydrogen-bond donors (Lipinski definition) is 2. The minimum absolute atomic E-state index is 0.0265. The highest BCUT2D eigenvalue weighted by atomic mass is 32.2. The van der Waals surface area contributed by atoms with Crippen LogP contribution in [0.1, 0.15) is 33.9 Å². The van der Waals surface area contributed by atoms with Crippen LogP contribution in [0.3, 0.4) is 0 Å². The van der Waals surface area contributed by atoms with Gasteiger partial charge in [-0.25, -0.2) is 9.97 Å². The van der Waals surface area contributed by atoms with Crippen LogP contribution in [0.5, 0.6) is 0 Å². The molecule has 13 nitrogen and oxygen atoms in total. The third kappa shape index (κ3) is 4.62. The van der Waals surface area contributed by atoms with E-state index < -0.39 is 41.9 Å². The van der Waals surface area contributed by atoms with E-state index in [0.29, 0.717) is 27.7 Å². The van der Waals surface area contributed by atoms with Crippen molar-refractivity contribution in [2.24, 2.45) is 0 Å². The fraction of sp³-hybridized carbons (Fsp3) is 0.524. The summed E-state index contributed by atoms with van der Waals surface area (Å²) in [6, 6.07) is 0. The van der Waals surface area contributed by atoms with Crippen molar-refractivity contribution in [3.8, 4) is 0 Å². The molecule has 188 valence electrons. The molecule has 2 aliphatic rings. The maximum atomic E-state index is 12.3. The minimum atomic E-state index is -1.54. The summed E-state index contributed by atoms with van der Waals surface area (Å²) in [6.45, 7) is 5.01. The summed E-state index contributed by atoms with van der Waals surface area (Å²) in [5, 5.41) is 6.78. The summed E-state index contributed by atoms with van der Waals surface area (Å²) >= 11 is 1.30. The fourth-order valence-electron chi connectivity index (χ4n) is 4.32. The number of ether oxygens (including phenoxy) is 4. The van der Waals surface area contributed by atoms with Crippen molar-refractivity contribution in [3.05, 3.63) is 6.20 Å². The summed E-state index contributed by atoms with van der Waals surface area (Å²) in [7, 11) is 0. The van der Waals surface area contributed by atoms with Gasteiger partial charge >= 0.3 is 17.9 Å². The molecule has 0 bridgehead atoms. The Hall–Kier alpha value is -3.39. The van der Waals surface area contributed by atoms with E-state index in [0.717, 1.165) is 0 Å². The highest BCUT2D eigenvalue weighted by Crippen LogP contribution is 2.46. The third-order valence-electron chi connectivity index (χ3n) is 5.58. The van der Waals surface area contributed by atoms with Gasteiger partial charge in [-0.1, -0.05) is 11.8 Å². The Bertz CT molecular complexity index is 1220. The zero-order valence-electron chi connectivity index (χ0n) is 19.7. The van der Waals surface area contributed by atoms with Crippen molar-refractivity contribution < 1.29 is 38.1 Å². The number of nitrogens with zero attached hydrogens (tertiary/aromatic N) is 3. The molecule has 14 heteroatoms. The number of carbonyl (C=O) groups excluding carboxylic acids is 4. The number of hydrogen-bond acceptors (Lipinski definition) is 12. The maximum Gasteiger partial charge on any atom is 0.303 e. The Balaban J connectivity index is 1.90. The number of anilines is 2. The Kier molecular flexibility index (Phi) is 6.60. The monoisotopic (exact) mass is 507 g/mol. The molecule has 2 aliphatic heterocycles. The second-order valence-electron chi connectivity index (χ2n) is 8.25. The molecule has 4 heterocycles. The van der Waals surface area contributed by atoms with Crippen LogP contribution in [-0.2, 0) is 38.1 Å². The lowest BCUT2D eigenvalue weighted by molar-refractivity contribution is -0.184. The summed E-state index contributed by atoms with van der Waals surface area (Å²) < 4.78 is 24.2. The van der Waals surface area contributed by atoms with Crippen molar-refractivity contribution in [2.45, 2.75) is 56.9 Å². The van der Waals surface area contributed by atoms with Crippen LogP contribution >= 0.6 is 11.8 Å². The molecule has 2 N–H and O–H groups in total. The van der Waals surface area contributed by atoms with Crippen molar-refractivity contribution >= 4 is 58.1 Å². The van der Waals surface area contributed by atoms with Crippen molar-refractivity contribution in [1.29, 1.82) is 0 Å². The average molecular weight is 508 g/mol. The summed E-state index contributed by atoms with van der Waals surface area (Å²) in [5.41, 5.74) is -0.724. The standard InChI is InChI=1S/C21H25N5O8S/c1-9(27)31-8-13-16(32-10(2)28)21(4,34-11(3)29)19(33-13)26-7-12-15-17(22-6-14(30)23-12)24-20(35-5)25-18(15)26/h7,13,16,19H,6,8H2,1-5H3,(H,23,30)(H,22,24,25)/t13-,16-,19?,21-/m1/s1. The van der Waals surface area contributed by atoms with Gasteiger partial charge < -0.3 is 29.6 Å². The molecule has 0 saturated carbocycles. The normalized spacial score (nSPS) is 25.4. The zero-order chi connectivity index (χ0) is 25.5. The molecule has 1 unspecified atom stereocenters. The number of rotatable bonds is 6. The Morgan fingerprint density at radius 3 is 2.60 bits per heavy atom. The topological polar surface area (TPSA) is 160 Å². The SMILES string of the molecule is CSc1nc2c3c(cn(C4O[C@H](COC(C)=O)[C@@H](OC(C)=O)[C@@]4(C)OC(C)=O)c3n1)NC(=O)CN2. The first-order chi connectivity index (χ1) is 16.5. The predicted octanol–water partition coefficient (Wildman–Crippen LogP) is 1.23. The number of thioether (sulfide) groups is 1.